The van der Waals surface area contributed by atoms with E-state index < -0.39 is 0 Å². The fraction of sp³-hybridized carbons (Fsp3) is 0.421. The molecule has 0 radical (unpaired) electrons. The zero-order valence-corrected chi connectivity index (χ0v) is 16.5. The van der Waals surface area contributed by atoms with Crippen molar-refractivity contribution in [1.29, 1.82) is 0 Å². The summed E-state index contributed by atoms with van der Waals surface area (Å²) in [6, 6.07) is 7.62. The van der Waals surface area contributed by atoms with Crippen LogP contribution in [-0.4, -0.2) is 75.3 Å². The Balaban J connectivity index is 1.56. The van der Waals surface area contributed by atoms with Crippen LogP contribution in [0.1, 0.15) is 13.8 Å². The Hall–Kier alpha value is -3.43. The monoisotopic (exact) mass is 397 g/mol. The number of benzene rings is 1. The van der Waals surface area contributed by atoms with E-state index in [1.165, 1.54) is 6.33 Å². The number of piperazine rings is 1. The quantitative estimate of drug-likeness (QED) is 0.644. The van der Waals surface area contributed by atoms with E-state index in [2.05, 4.69) is 25.2 Å². The molecule has 0 bridgehead atoms. The number of anilines is 1. The van der Waals surface area contributed by atoms with E-state index in [0.717, 1.165) is 17.3 Å². The molecule has 3 heterocycles. The van der Waals surface area contributed by atoms with Gasteiger partial charge in [0.2, 0.25) is 0 Å². The van der Waals surface area contributed by atoms with Crippen LogP contribution in [0.2, 0.25) is 0 Å². The Kier molecular flexibility index (Phi) is 5.41. The Morgan fingerprint density at radius 1 is 1.03 bits per heavy atom. The molecule has 0 saturated carbocycles. The maximum absolute atomic E-state index is 11.9. The first kappa shape index (κ1) is 18.9. The van der Waals surface area contributed by atoms with Crippen molar-refractivity contribution >= 4 is 23.1 Å². The van der Waals surface area contributed by atoms with Gasteiger partial charge in [-0.3, -0.25) is 0 Å². The van der Waals surface area contributed by atoms with Crippen LogP contribution < -0.4 is 9.64 Å². The lowest BCUT2D eigenvalue weighted by atomic mass is 10.3. The highest BCUT2D eigenvalue weighted by atomic mass is 16.6. The molecule has 1 aliphatic heterocycles. The van der Waals surface area contributed by atoms with Crippen LogP contribution >= 0.6 is 0 Å². The lowest BCUT2D eigenvalue weighted by Crippen LogP contribution is -2.49. The number of hydrogen-bond acceptors (Lipinski definition) is 8. The molecular formula is C19H23N7O3. The van der Waals surface area contributed by atoms with Gasteiger partial charge in [-0.25, -0.2) is 14.8 Å². The predicted molar refractivity (Wildman–Crippen MR) is 106 cm³/mol. The molecule has 3 aromatic rings. The van der Waals surface area contributed by atoms with Gasteiger partial charge in [-0.1, -0.05) is 5.21 Å². The minimum Gasteiger partial charge on any atom is -0.494 e. The fourth-order valence-corrected chi connectivity index (χ4v) is 3.31. The molecule has 0 atom stereocenters. The second-order valence-electron chi connectivity index (χ2n) is 6.47. The van der Waals surface area contributed by atoms with Crippen molar-refractivity contribution in [3.05, 3.63) is 30.6 Å². The van der Waals surface area contributed by atoms with Crippen molar-refractivity contribution in [3.8, 4) is 11.4 Å². The zero-order chi connectivity index (χ0) is 20.2. The van der Waals surface area contributed by atoms with Gasteiger partial charge in [-0.05, 0) is 38.1 Å². The molecule has 1 saturated heterocycles. The Morgan fingerprint density at radius 3 is 2.48 bits per heavy atom. The third-order valence-corrected chi connectivity index (χ3v) is 4.72. The van der Waals surface area contributed by atoms with Crippen molar-refractivity contribution in [2.45, 2.75) is 13.8 Å². The van der Waals surface area contributed by atoms with Crippen LogP contribution in [0.5, 0.6) is 5.75 Å². The summed E-state index contributed by atoms with van der Waals surface area (Å²) < 4.78 is 12.3. The highest BCUT2D eigenvalue weighted by Crippen LogP contribution is 2.24. The number of amides is 1. The van der Waals surface area contributed by atoms with Crippen molar-refractivity contribution in [3.63, 3.8) is 0 Å². The highest BCUT2D eigenvalue weighted by molar-refractivity contribution is 5.83. The maximum atomic E-state index is 11.9. The molecule has 10 nitrogen and oxygen atoms in total. The van der Waals surface area contributed by atoms with E-state index >= 15 is 0 Å². The summed E-state index contributed by atoms with van der Waals surface area (Å²) in [6.07, 6.45) is 1.24. The normalized spacial score (nSPS) is 14.3. The van der Waals surface area contributed by atoms with Gasteiger partial charge in [0.1, 0.15) is 12.1 Å². The average Bonchev–Trinajstić information content (AvgIpc) is 3.19. The second kappa shape index (κ2) is 8.29. The number of ether oxygens (including phenoxy) is 2. The third-order valence-electron chi connectivity index (χ3n) is 4.72. The predicted octanol–water partition coefficient (Wildman–Crippen LogP) is 1.89. The van der Waals surface area contributed by atoms with Crippen LogP contribution in [0.3, 0.4) is 0 Å². The van der Waals surface area contributed by atoms with E-state index in [1.54, 1.807) is 16.5 Å². The summed E-state index contributed by atoms with van der Waals surface area (Å²) in [7, 11) is 0. The number of carbonyl (C=O) groups is 1. The van der Waals surface area contributed by atoms with E-state index in [9.17, 15) is 4.79 Å². The molecule has 0 unspecified atom stereocenters. The molecule has 0 aliphatic carbocycles. The lowest BCUT2D eigenvalue weighted by Gasteiger charge is -2.34. The first-order valence-electron chi connectivity index (χ1n) is 9.67. The van der Waals surface area contributed by atoms with Crippen molar-refractivity contribution in [1.82, 2.24) is 29.9 Å². The van der Waals surface area contributed by atoms with Gasteiger partial charge < -0.3 is 19.3 Å². The summed E-state index contributed by atoms with van der Waals surface area (Å²) in [4.78, 5) is 24.5. The number of aromatic nitrogens is 5. The van der Waals surface area contributed by atoms with E-state index in [1.807, 2.05) is 31.2 Å². The van der Waals surface area contributed by atoms with E-state index in [4.69, 9.17) is 9.47 Å². The summed E-state index contributed by atoms with van der Waals surface area (Å²) in [5.41, 5.74) is 2.10. The largest absolute Gasteiger partial charge is 0.494 e. The van der Waals surface area contributed by atoms with Crippen molar-refractivity contribution in [2.75, 3.05) is 44.3 Å². The SMILES string of the molecule is CCOC(=O)N1CCN(c2ncnc3c2nnn3-c2ccc(OCC)cc2)CC1. The van der Waals surface area contributed by atoms with Crippen LogP contribution in [0.4, 0.5) is 10.6 Å². The molecule has 0 N–H and O–H groups in total. The number of fused-ring (bicyclic) bond motifs is 1. The molecule has 1 aromatic carbocycles. The Bertz CT molecular complexity index is 981. The molecule has 0 spiro atoms. The Morgan fingerprint density at radius 2 is 1.79 bits per heavy atom. The minimum atomic E-state index is -0.276. The van der Waals surface area contributed by atoms with E-state index in [-0.39, 0.29) is 6.09 Å². The van der Waals surface area contributed by atoms with Gasteiger partial charge in [0.25, 0.3) is 0 Å². The summed E-state index contributed by atoms with van der Waals surface area (Å²) >= 11 is 0. The summed E-state index contributed by atoms with van der Waals surface area (Å²) in [5.74, 6) is 1.52. The average molecular weight is 397 g/mol. The number of hydrogen-bond donors (Lipinski definition) is 0. The van der Waals surface area contributed by atoms with Crippen molar-refractivity contribution in [2.24, 2.45) is 0 Å². The summed E-state index contributed by atoms with van der Waals surface area (Å²) in [6.45, 7) is 7.16. The maximum Gasteiger partial charge on any atom is 0.409 e. The number of nitrogens with zero attached hydrogens (tertiary/aromatic N) is 7. The smallest absolute Gasteiger partial charge is 0.409 e. The van der Waals surface area contributed by atoms with Gasteiger partial charge in [-0.15, -0.1) is 5.10 Å². The molecule has 2 aromatic heterocycles. The first-order chi connectivity index (χ1) is 14.2. The van der Waals surface area contributed by atoms with Gasteiger partial charge in [0.05, 0.1) is 18.9 Å². The molecule has 4 rings (SSSR count). The molecule has 1 aliphatic rings. The van der Waals surface area contributed by atoms with Gasteiger partial charge in [0, 0.05) is 26.2 Å². The third kappa shape index (κ3) is 3.78. The molecule has 152 valence electrons. The van der Waals surface area contributed by atoms with Gasteiger partial charge >= 0.3 is 6.09 Å². The number of carbonyl (C=O) groups excluding carboxylic acids is 1. The molecule has 1 fully saturated rings. The highest BCUT2D eigenvalue weighted by Gasteiger charge is 2.25. The topological polar surface area (TPSA) is 98.5 Å². The molecule has 10 heteroatoms. The zero-order valence-electron chi connectivity index (χ0n) is 16.5. The molecule has 29 heavy (non-hydrogen) atoms. The van der Waals surface area contributed by atoms with Crippen LogP contribution in [-0.2, 0) is 4.74 Å². The van der Waals surface area contributed by atoms with Crippen LogP contribution in [0.25, 0.3) is 16.9 Å². The minimum absolute atomic E-state index is 0.276. The molecular weight excluding hydrogens is 374 g/mol. The lowest BCUT2D eigenvalue weighted by molar-refractivity contribution is 0.105. The first-order valence-corrected chi connectivity index (χ1v) is 9.67. The fourth-order valence-electron chi connectivity index (χ4n) is 3.31. The van der Waals surface area contributed by atoms with Crippen molar-refractivity contribution < 1.29 is 14.3 Å². The van der Waals surface area contributed by atoms with Gasteiger partial charge in [0.15, 0.2) is 17.0 Å². The van der Waals surface area contributed by atoms with E-state index in [0.29, 0.717) is 50.6 Å². The second-order valence-corrected chi connectivity index (χ2v) is 6.47. The molecule has 1 amide bonds. The standard InChI is InChI=1S/C19H23N7O3/c1-3-28-15-7-5-14(6-8-15)26-18-16(22-23-26)17(20-13-21-18)24-9-11-25(12-10-24)19(27)29-4-2/h5-8,13H,3-4,9-12H2,1-2H3. The summed E-state index contributed by atoms with van der Waals surface area (Å²) in [5, 5.41) is 8.60. The Labute approximate surface area is 168 Å². The van der Waals surface area contributed by atoms with Crippen LogP contribution in [0.15, 0.2) is 30.6 Å². The number of rotatable bonds is 5. The van der Waals surface area contributed by atoms with Crippen LogP contribution in [0, 0.1) is 0 Å². The van der Waals surface area contributed by atoms with Gasteiger partial charge in [-0.2, -0.15) is 4.68 Å².